The van der Waals surface area contributed by atoms with Crippen LogP contribution in [0.3, 0.4) is 0 Å². The number of aryl methyl sites for hydroxylation is 1. The Morgan fingerprint density at radius 3 is 2.71 bits per heavy atom. The first-order chi connectivity index (χ1) is 8.15. The van der Waals surface area contributed by atoms with Crippen molar-refractivity contribution in [2.45, 2.75) is 25.9 Å². The van der Waals surface area contributed by atoms with Crippen molar-refractivity contribution in [2.24, 2.45) is 0 Å². The molecule has 0 aliphatic heterocycles. The van der Waals surface area contributed by atoms with E-state index in [1.807, 2.05) is 12.1 Å². The summed E-state index contributed by atoms with van der Waals surface area (Å²) in [5.74, 6) is 0. The van der Waals surface area contributed by atoms with Crippen molar-refractivity contribution in [3.63, 3.8) is 0 Å². The average molecular weight is 311 g/mol. The van der Waals surface area contributed by atoms with Gasteiger partial charge >= 0.3 is 0 Å². The number of thiophene rings is 1. The van der Waals surface area contributed by atoms with E-state index in [0.717, 1.165) is 17.3 Å². The van der Waals surface area contributed by atoms with Crippen LogP contribution in [-0.4, -0.2) is 11.2 Å². The number of hydrogen-bond donors (Lipinski definition) is 1. The fourth-order valence-corrected chi connectivity index (χ4v) is 3.38. The molecule has 90 valence electrons. The molecule has 1 N–H and O–H groups in total. The van der Waals surface area contributed by atoms with Crippen molar-refractivity contribution in [1.82, 2.24) is 0 Å². The summed E-state index contributed by atoms with van der Waals surface area (Å²) in [7, 11) is 0. The minimum Gasteiger partial charge on any atom is -0.392 e. The molecule has 0 aliphatic rings. The smallest absolute Gasteiger partial charge is 0.0628 e. The zero-order valence-corrected chi connectivity index (χ0v) is 12.1. The number of aliphatic hydroxyl groups excluding tert-OH is 1. The lowest BCUT2D eigenvalue weighted by Gasteiger charge is -2.11. The molecule has 0 aliphatic carbocycles. The van der Waals surface area contributed by atoms with E-state index in [1.54, 1.807) is 11.3 Å². The van der Waals surface area contributed by atoms with Crippen molar-refractivity contribution < 1.29 is 5.11 Å². The first kappa shape index (κ1) is 12.8. The molecule has 1 atom stereocenters. The predicted octanol–water partition coefficient (Wildman–Crippen LogP) is 3.97. The Balaban J connectivity index is 1.98. The molecule has 0 spiro atoms. The van der Waals surface area contributed by atoms with Crippen LogP contribution in [0.1, 0.15) is 16.0 Å². The van der Waals surface area contributed by atoms with Gasteiger partial charge in [-0.3, -0.25) is 0 Å². The molecule has 0 bridgehead atoms. The Bertz CT molecular complexity index is 492. The minimum atomic E-state index is -0.304. The highest BCUT2D eigenvalue weighted by Gasteiger charge is 2.09. The van der Waals surface area contributed by atoms with Gasteiger partial charge in [0.05, 0.1) is 6.10 Å². The maximum absolute atomic E-state index is 10.1. The van der Waals surface area contributed by atoms with E-state index in [4.69, 9.17) is 0 Å². The standard InChI is InChI=1S/C14H15BrOS/c1-10-4-2-3-5-11(10)6-13(16)8-14-7-12(15)9-17-14/h2-5,7,9,13,16H,6,8H2,1H3. The summed E-state index contributed by atoms with van der Waals surface area (Å²) in [5.41, 5.74) is 2.48. The molecule has 1 aromatic heterocycles. The van der Waals surface area contributed by atoms with Gasteiger partial charge < -0.3 is 5.11 Å². The molecule has 1 aromatic carbocycles. The Kier molecular flexibility index (Phi) is 4.37. The van der Waals surface area contributed by atoms with Gasteiger partial charge in [-0.25, -0.2) is 0 Å². The van der Waals surface area contributed by atoms with Crippen molar-refractivity contribution in [3.8, 4) is 0 Å². The van der Waals surface area contributed by atoms with E-state index in [0.29, 0.717) is 0 Å². The summed E-state index contributed by atoms with van der Waals surface area (Å²) in [6, 6.07) is 10.3. The van der Waals surface area contributed by atoms with Gasteiger partial charge in [-0.2, -0.15) is 0 Å². The minimum absolute atomic E-state index is 0.304. The Morgan fingerprint density at radius 1 is 1.29 bits per heavy atom. The zero-order chi connectivity index (χ0) is 12.3. The average Bonchev–Trinajstić information content (AvgIpc) is 2.67. The molecule has 0 saturated heterocycles. The molecule has 1 nitrogen and oxygen atoms in total. The molecule has 0 saturated carbocycles. The van der Waals surface area contributed by atoms with Gasteiger partial charge in [0, 0.05) is 21.2 Å². The lowest BCUT2D eigenvalue weighted by molar-refractivity contribution is 0.176. The van der Waals surface area contributed by atoms with Gasteiger partial charge in [0.15, 0.2) is 0 Å². The maximum atomic E-state index is 10.1. The van der Waals surface area contributed by atoms with Crippen LogP contribution < -0.4 is 0 Å². The number of halogens is 1. The molecular weight excluding hydrogens is 296 g/mol. The molecule has 1 unspecified atom stereocenters. The zero-order valence-electron chi connectivity index (χ0n) is 9.69. The highest BCUT2D eigenvalue weighted by molar-refractivity contribution is 9.10. The normalized spacial score (nSPS) is 12.6. The number of rotatable bonds is 4. The molecule has 2 rings (SSSR count). The summed E-state index contributed by atoms with van der Waals surface area (Å²) in [6.07, 6.45) is 1.15. The SMILES string of the molecule is Cc1ccccc1CC(O)Cc1cc(Br)cs1. The Labute approximate surface area is 114 Å². The third-order valence-electron chi connectivity index (χ3n) is 2.78. The topological polar surface area (TPSA) is 20.2 Å². The summed E-state index contributed by atoms with van der Waals surface area (Å²) in [6.45, 7) is 2.09. The molecule has 0 radical (unpaired) electrons. The van der Waals surface area contributed by atoms with E-state index in [1.165, 1.54) is 16.0 Å². The van der Waals surface area contributed by atoms with E-state index in [2.05, 4.69) is 46.4 Å². The van der Waals surface area contributed by atoms with Crippen LogP contribution in [0.4, 0.5) is 0 Å². The molecule has 0 amide bonds. The molecular formula is C14H15BrOS. The first-order valence-electron chi connectivity index (χ1n) is 5.60. The third kappa shape index (κ3) is 3.66. The highest BCUT2D eigenvalue weighted by atomic mass is 79.9. The van der Waals surface area contributed by atoms with E-state index in [9.17, 15) is 5.11 Å². The van der Waals surface area contributed by atoms with Crippen LogP contribution in [0.5, 0.6) is 0 Å². The molecule has 3 heteroatoms. The fraction of sp³-hybridized carbons (Fsp3) is 0.286. The van der Waals surface area contributed by atoms with E-state index < -0.39 is 0 Å². The lowest BCUT2D eigenvalue weighted by Crippen LogP contribution is -2.13. The van der Waals surface area contributed by atoms with Gasteiger partial charge in [-0.1, -0.05) is 24.3 Å². The third-order valence-corrected chi connectivity index (χ3v) is 4.50. The number of benzene rings is 1. The fourth-order valence-electron chi connectivity index (χ4n) is 1.86. The highest BCUT2D eigenvalue weighted by Crippen LogP contribution is 2.22. The number of aliphatic hydroxyl groups is 1. The van der Waals surface area contributed by atoms with Crippen LogP contribution in [0, 0.1) is 6.92 Å². The van der Waals surface area contributed by atoms with Crippen molar-refractivity contribution in [1.29, 1.82) is 0 Å². The van der Waals surface area contributed by atoms with Gasteiger partial charge in [0.25, 0.3) is 0 Å². The summed E-state index contributed by atoms with van der Waals surface area (Å²) >= 11 is 5.12. The molecule has 0 fully saturated rings. The van der Waals surface area contributed by atoms with Gasteiger partial charge in [-0.05, 0) is 46.5 Å². The summed E-state index contributed by atoms with van der Waals surface area (Å²) < 4.78 is 1.10. The van der Waals surface area contributed by atoms with Crippen LogP contribution in [0.15, 0.2) is 40.2 Å². The molecule has 1 heterocycles. The first-order valence-corrected chi connectivity index (χ1v) is 7.28. The Hall–Kier alpha value is -0.640. The number of hydrogen-bond acceptors (Lipinski definition) is 2. The lowest BCUT2D eigenvalue weighted by atomic mass is 10.0. The van der Waals surface area contributed by atoms with Crippen LogP contribution in [0.2, 0.25) is 0 Å². The molecule has 17 heavy (non-hydrogen) atoms. The van der Waals surface area contributed by atoms with E-state index in [-0.39, 0.29) is 6.10 Å². The molecule has 2 aromatic rings. The van der Waals surface area contributed by atoms with Crippen LogP contribution in [-0.2, 0) is 12.8 Å². The second kappa shape index (κ2) is 5.80. The van der Waals surface area contributed by atoms with Crippen molar-refractivity contribution in [3.05, 3.63) is 56.2 Å². The van der Waals surface area contributed by atoms with E-state index >= 15 is 0 Å². The second-order valence-corrected chi connectivity index (χ2v) is 6.13. The largest absolute Gasteiger partial charge is 0.392 e. The maximum Gasteiger partial charge on any atom is 0.0628 e. The summed E-state index contributed by atoms with van der Waals surface area (Å²) in [4.78, 5) is 1.22. The van der Waals surface area contributed by atoms with Gasteiger partial charge in [0.2, 0.25) is 0 Å². The summed E-state index contributed by atoms with van der Waals surface area (Å²) in [5, 5.41) is 12.1. The Morgan fingerprint density at radius 2 is 2.06 bits per heavy atom. The van der Waals surface area contributed by atoms with Gasteiger partial charge in [0.1, 0.15) is 0 Å². The quantitative estimate of drug-likeness (QED) is 0.906. The second-order valence-electron chi connectivity index (χ2n) is 4.22. The monoisotopic (exact) mass is 310 g/mol. The van der Waals surface area contributed by atoms with Crippen LogP contribution in [0.25, 0.3) is 0 Å². The van der Waals surface area contributed by atoms with Gasteiger partial charge in [-0.15, -0.1) is 11.3 Å². The predicted molar refractivity (Wildman–Crippen MR) is 76.6 cm³/mol. The van der Waals surface area contributed by atoms with Crippen LogP contribution >= 0.6 is 27.3 Å². The van der Waals surface area contributed by atoms with Crippen molar-refractivity contribution in [2.75, 3.05) is 0 Å². The van der Waals surface area contributed by atoms with Crippen molar-refractivity contribution >= 4 is 27.3 Å².